The van der Waals surface area contributed by atoms with Crippen LogP contribution in [0, 0.1) is 0 Å². The van der Waals surface area contributed by atoms with Crippen LogP contribution in [0.5, 0.6) is 0 Å². The maximum atomic E-state index is 3.58. The van der Waals surface area contributed by atoms with E-state index >= 15 is 0 Å². The molecule has 1 aliphatic heterocycles. The number of benzene rings is 1. The molecular formula is C15H23N. The molecule has 0 saturated carbocycles. The molecule has 1 aliphatic rings. The van der Waals surface area contributed by atoms with E-state index in [0.717, 1.165) is 12.5 Å². The Balaban J connectivity index is 2.05. The molecule has 0 radical (unpaired) electrons. The van der Waals surface area contributed by atoms with Gasteiger partial charge in [0.05, 0.1) is 0 Å². The van der Waals surface area contributed by atoms with Gasteiger partial charge in [-0.15, -0.1) is 0 Å². The fourth-order valence-electron chi connectivity index (χ4n) is 2.57. The fourth-order valence-corrected chi connectivity index (χ4v) is 2.57. The maximum absolute atomic E-state index is 3.58. The SMILES string of the molecule is CCCc1cccc(C2CCC(C)NC2)c1. The van der Waals surface area contributed by atoms with Gasteiger partial charge < -0.3 is 5.32 Å². The van der Waals surface area contributed by atoms with Crippen LogP contribution < -0.4 is 5.32 Å². The van der Waals surface area contributed by atoms with Crippen LogP contribution >= 0.6 is 0 Å². The van der Waals surface area contributed by atoms with Gasteiger partial charge in [0.15, 0.2) is 0 Å². The van der Waals surface area contributed by atoms with Crippen molar-refractivity contribution in [3.63, 3.8) is 0 Å². The zero-order valence-electron chi connectivity index (χ0n) is 10.5. The van der Waals surface area contributed by atoms with Gasteiger partial charge in [-0.2, -0.15) is 0 Å². The molecule has 0 aliphatic carbocycles. The van der Waals surface area contributed by atoms with E-state index in [4.69, 9.17) is 0 Å². The summed E-state index contributed by atoms with van der Waals surface area (Å²) in [6.45, 7) is 5.68. The summed E-state index contributed by atoms with van der Waals surface area (Å²) in [6.07, 6.45) is 5.10. The number of hydrogen-bond donors (Lipinski definition) is 1. The molecule has 1 aromatic rings. The molecule has 0 amide bonds. The Morgan fingerprint density at radius 1 is 1.31 bits per heavy atom. The third-order valence-corrected chi connectivity index (χ3v) is 3.62. The molecular weight excluding hydrogens is 194 g/mol. The van der Waals surface area contributed by atoms with Gasteiger partial charge in [-0.1, -0.05) is 37.6 Å². The Hall–Kier alpha value is -0.820. The number of hydrogen-bond acceptors (Lipinski definition) is 1. The smallest absolute Gasteiger partial charge is 0.00391 e. The average molecular weight is 217 g/mol. The molecule has 1 nitrogen and oxygen atoms in total. The molecule has 0 aromatic heterocycles. The van der Waals surface area contributed by atoms with Crippen molar-refractivity contribution in [2.24, 2.45) is 0 Å². The lowest BCUT2D eigenvalue weighted by Gasteiger charge is -2.28. The quantitative estimate of drug-likeness (QED) is 0.817. The van der Waals surface area contributed by atoms with Crippen molar-refractivity contribution in [3.05, 3.63) is 35.4 Å². The van der Waals surface area contributed by atoms with Crippen LogP contribution in [0.25, 0.3) is 0 Å². The Bertz CT molecular complexity index is 324. The third kappa shape index (κ3) is 2.85. The van der Waals surface area contributed by atoms with Crippen LogP contribution in [0.15, 0.2) is 24.3 Å². The van der Waals surface area contributed by atoms with E-state index < -0.39 is 0 Å². The highest BCUT2D eigenvalue weighted by Crippen LogP contribution is 2.25. The van der Waals surface area contributed by atoms with E-state index in [-0.39, 0.29) is 0 Å². The summed E-state index contributed by atoms with van der Waals surface area (Å²) in [6, 6.07) is 9.88. The zero-order valence-corrected chi connectivity index (χ0v) is 10.5. The molecule has 1 fully saturated rings. The average Bonchev–Trinajstić information content (AvgIpc) is 2.31. The monoisotopic (exact) mass is 217 g/mol. The Labute approximate surface area is 99.3 Å². The standard InChI is InChI=1S/C15H23N/c1-3-5-13-6-4-7-14(10-13)15-9-8-12(2)16-11-15/h4,6-7,10,12,15-16H,3,5,8-9,11H2,1-2H3. The highest BCUT2D eigenvalue weighted by atomic mass is 14.9. The van der Waals surface area contributed by atoms with E-state index in [1.54, 1.807) is 0 Å². The lowest BCUT2D eigenvalue weighted by molar-refractivity contribution is 0.385. The van der Waals surface area contributed by atoms with Crippen molar-refractivity contribution in [2.75, 3.05) is 6.54 Å². The van der Waals surface area contributed by atoms with E-state index in [0.29, 0.717) is 6.04 Å². The topological polar surface area (TPSA) is 12.0 Å². The number of rotatable bonds is 3. The van der Waals surface area contributed by atoms with Crippen LogP contribution in [0.2, 0.25) is 0 Å². The first-order chi connectivity index (χ1) is 7.79. The lowest BCUT2D eigenvalue weighted by Crippen LogP contribution is -2.35. The van der Waals surface area contributed by atoms with Gasteiger partial charge in [0.2, 0.25) is 0 Å². The summed E-state index contributed by atoms with van der Waals surface area (Å²) in [7, 11) is 0. The summed E-state index contributed by atoms with van der Waals surface area (Å²) < 4.78 is 0. The molecule has 16 heavy (non-hydrogen) atoms. The first-order valence-corrected chi connectivity index (χ1v) is 6.62. The molecule has 1 heterocycles. The molecule has 2 atom stereocenters. The first-order valence-electron chi connectivity index (χ1n) is 6.62. The highest BCUT2D eigenvalue weighted by molar-refractivity contribution is 5.27. The minimum absolute atomic E-state index is 0.704. The summed E-state index contributed by atoms with van der Waals surface area (Å²) in [5.41, 5.74) is 3.03. The fraction of sp³-hybridized carbons (Fsp3) is 0.600. The van der Waals surface area contributed by atoms with Crippen LogP contribution in [0.3, 0.4) is 0 Å². The summed E-state index contributed by atoms with van der Waals surface area (Å²) >= 11 is 0. The van der Waals surface area contributed by atoms with Gasteiger partial charge >= 0.3 is 0 Å². The van der Waals surface area contributed by atoms with Gasteiger partial charge in [0.25, 0.3) is 0 Å². The summed E-state index contributed by atoms with van der Waals surface area (Å²) in [5.74, 6) is 0.730. The predicted octanol–water partition coefficient (Wildman–Crippen LogP) is 3.49. The van der Waals surface area contributed by atoms with Crippen LogP contribution in [0.1, 0.15) is 50.2 Å². The van der Waals surface area contributed by atoms with E-state index in [1.165, 1.54) is 36.8 Å². The van der Waals surface area contributed by atoms with Gasteiger partial charge in [-0.05, 0) is 43.2 Å². The molecule has 2 rings (SSSR count). The van der Waals surface area contributed by atoms with Crippen molar-refractivity contribution >= 4 is 0 Å². The van der Waals surface area contributed by atoms with Crippen molar-refractivity contribution in [1.29, 1.82) is 0 Å². The molecule has 0 bridgehead atoms. The highest BCUT2D eigenvalue weighted by Gasteiger charge is 2.18. The van der Waals surface area contributed by atoms with Crippen LogP contribution in [-0.4, -0.2) is 12.6 Å². The number of piperidine rings is 1. The van der Waals surface area contributed by atoms with Gasteiger partial charge in [-0.25, -0.2) is 0 Å². The van der Waals surface area contributed by atoms with Crippen LogP contribution in [-0.2, 0) is 6.42 Å². The Morgan fingerprint density at radius 2 is 2.19 bits per heavy atom. The predicted molar refractivity (Wildman–Crippen MR) is 69.9 cm³/mol. The number of aryl methyl sites for hydroxylation is 1. The third-order valence-electron chi connectivity index (χ3n) is 3.62. The van der Waals surface area contributed by atoms with E-state index in [9.17, 15) is 0 Å². The molecule has 2 unspecified atom stereocenters. The summed E-state index contributed by atoms with van der Waals surface area (Å²) in [5, 5.41) is 3.58. The van der Waals surface area contributed by atoms with Crippen molar-refractivity contribution in [1.82, 2.24) is 5.32 Å². The second-order valence-corrected chi connectivity index (χ2v) is 5.08. The van der Waals surface area contributed by atoms with Crippen molar-refractivity contribution < 1.29 is 0 Å². The normalized spacial score (nSPS) is 25.6. The largest absolute Gasteiger partial charge is 0.314 e. The second-order valence-electron chi connectivity index (χ2n) is 5.08. The first kappa shape index (κ1) is 11.7. The Morgan fingerprint density at radius 3 is 2.88 bits per heavy atom. The van der Waals surface area contributed by atoms with Crippen molar-refractivity contribution in [2.45, 2.75) is 51.5 Å². The molecule has 1 heteroatoms. The van der Waals surface area contributed by atoms with E-state index in [2.05, 4.69) is 43.4 Å². The molecule has 1 saturated heterocycles. The molecule has 88 valence electrons. The molecule has 1 aromatic carbocycles. The van der Waals surface area contributed by atoms with Gasteiger partial charge in [0.1, 0.15) is 0 Å². The van der Waals surface area contributed by atoms with Gasteiger partial charge in [-0.3, -0.25) is 0 Å². The van der Waals surface area contributed by atoms with E-state index in [1.807, 2.05) is 0 Å². The lowest BCUT2D eigenvalue weighted by atomic mass is 9.88. The zero-order chi connectivity index (χ0) is 11.4. The van der Waals surface area contributed by atoms with Crippen LogP contribution in [0.4, 0.5) is 0 Å². The van der Waals surface area contributed by atoms with Gasteiger partial charge in [0, 0.05) is 12.6 Å². The minimum Gasteiger partial charge on any atom is -0.314 e. The minimum atomic E-state index is 0.704. The molecule has 1 N–H and O–H groups in total. The molecule has 0 spiro atoms. The maximum Gasteiger partial charge on any atom is 0.00391 e. The summed E-state index contributed by atoms with van der Waals surface area (Å²) in [4.78, 5) is 0. The number of nitrogens with one attached hydrogen (secondary N) is 1. The van der Waals surface area contributed by atoms with Crippen molar-refractivity contribution in [3.8, 4) is 0 Å². The Kier molecular flexibility index (Phi) is 4.00. The second kappa shape index (κ2) is 5.49.